The molecule has 0 saturated carbocycles. The maximum atomic E-state index is 12.7. The quantitative estimate of drug-likeness (QED) is 0.722. The molecule has 1 amide bonds. The number of hydrogen-bond acceptors (Lipinski definition) is 6. The lowest BCUT2D eigenvalue weighted by Gasteiger charge is -2.29. The van der Waals surface area contributed by atoms with Crippen molar-refractivity contribution in [1.29, 1.82) is 0 Å². The third-order valence-electron chi connectivity index (χ3n) is 4.94. The van der Waals surface area contributed by atoms with Gasteiger partial charge in [-0.3, -0.25) is 4.79 Å². The number of carbonyl (C=O) groups excluding carboxylic acids is 2. The summed E-state index contributed by atoms with van der Waals surface area (Å²) in [7, 11) is -3.15. The number of phenols is 1. The van der Waals surface area contributed by atoms with Gasteiger partial charge in [-0.05, 0) is 35.2 Å². The molecule has 0 aromatic heterocycles. The van der Waals surface area contributed by atoms with E-state index in [4.69, 9.17) is 4.74 Å². The summed E-state index contributed by atoms with van der Waals surface area (Å²) in [6.07, 6.45) is 0.389. The van der Waals surface area contributed by atoms with Crippen molar-refractivity contribution in [2.75, 3.05) is 24.7 Å². The third-order valence-corrected chi connectivity index (χ3v) is 6.69. The van der Waals surface area contributed by atoms with Crippen LogP contribution < -0.4 is 0 Å². The highest BCUT2D eigenvalue weighted by Crippen LogP contribution is 2.26. The van der Waals surface area contributed by atoms with Gasteiger partial charge in [-0.1, -0.05) is 38.1 Å². The van der Waals surface area contributed by atoms with Crippen LogP contribution in [0.5, 0.6) is 5.75 Å². The second-order valence-electron chi connectivity index (χ2n) is 7.79. The summed E-state index contributed by atoms with van der Waals surface area (Å²) < 4.78 is 28.8. The highest BCUT2D eigenvalue weighted by molar-refractivity contribution is 7.91. The highest BCUT2D eigenvalue weighted by atomic mass is 32.2. The number of benzene rings is 2. The molecule has 1 atom stereocenters. The molecule has 1 heterocycles. The number of esters is 1. The van der Waals surface area contributed by atoms with E-state index in [1.54, 1.807) is 0 Å². The van der Waals surface area contributed by atoms with E-state index in [0.717, 1.165) is 10.8 Å². The van der Waals surface area contributed by atoms with Crippen LogP contribution >= 0.6 is 0 Å². The van der Waals surface area contributed by atoms with Gasteiger partial charge in [0, 0.05) is 12.6 Å². The summed E-state index contributed by atoms with van der Waals surface area (Å²) in [5.74, 6) is -1.32. The Balaban J connectivity index is 1.70. The minimum atomic E-state index is -3.15. The number of amides is 1. The molecule has 7 nitrogen and oxygen atoms in total. The number of nitrogens with zero attached hydrogens (tertiary/aromatic N) is 1. The topological polar surface area (TPSA) is 101 Å². The van der Waals surface area contributed by atoms with Gasteiger partial charge in [0.15, 0.2) is 16.4 Å². The minimum Gasteiger partial charge on any atom is -0.507 e. The zero-order valence-electron chi connectivity index (χ0n) is 16.5. The molecule has 0 aliphatic carbocycles. The summed E-state index contributed by atoms with van der Waals surface area (Å²) in [5.41, 5.74) is -0.0182. The summed E-state index contributed by atoms with van der Waals surface area (Å²) in [6.45, 7) is 3.75. The van der Waals surface area contributed by atoms with E-state index in [9.17, 15) is 23.1 Å². The molecule has 1 aliphatic rings. The van der Waals surface area contributed by atoms with Crippen molar-refractivity contribution in [1.82, 2.24) is 4.90 Å². The number of fused-ring (bicyclic) bond motifs is 1. The second kappa shape index (κ2) is 8.41. The van der Waals surface area contributed by atoms with Gasteiger partial charge in [-0.25, -0.2) is 13.2 Å². The molecule has 8 heteroatoms. The monoisotopic (exact) mass is 419 g/mol. The molecule has 29 heavy (non-hydrogen) atoms. The first-order chi connectivity index (χ1) is 13.7. The van der Waals surface area contributed by atoms with Crippen molar-refractivity contribution < 1.29 is 27.9 Å². The van der Waals surface area contributed by atoms with Gasteiger partial charge < -0.3 is 14.7 Å². The van der Waals surface area contributed by atoms with E-state index in [-0.39, 0.29) is 28.7 Å². The van der Waals surface area contributed by atoms with E-state index in [0.29, 0.717) is 13.0 Å². The Labute approximate surface area is 170 Å². The molecule has 1 N–H and O–H groups in total. The number of aromatic hydroxyl groups is 1. The van der Waals surface area contributed by atoms with Crippen molar-refractivity contribution in [3.05, 3.63) is 42.0 Å². The van der Waals surface area contributed by atoms with Crippen molar-refractivity contribution >= 4 is 32.5 Å². The van der Waals surface area contributed by atoms with E-state index < -0.39 is 34.4 Å². The predicted octanol–water partition coefficient (Wildman–Crippen LogP) is 2.37. The molecule has 1 aliphatic heterocycles. The first-order valence-electron chi connectivity index (χ1n) is 9.55. The van der Waals surface area contributed by atoms with Crippen molar-refractivity contribution in [2.45, 2.75) is 26.3 Å². The van der Waals surface area contributed by atoms with Crippen LogP contribution in [0.15, 0.2) is 36.4 Å². The molecule has 0 spiro atoms. The normalized spacial score (nSPS) is 18.1. The van der Waals surface area contributed by atoms with Crippen molar-refractivity contribution in [3.8, 4) is 5.75 Å². The number of sulfone groups is 1. The SMILES string of the molecule is CC(C)CN(C(=O)COC(=O)c1cc2ccccc2cc1O)[C@H]1CCS(=O)(=O)C1. The molecule has 3 rings (SSSR count). The van der Waals surface area contributed by atoms with Gasteiger partial charge in [0.25, 0.3) is 5.91 Å². The number of carbonyl (C=O) groups is 2. The van der Waals surface area contributed by atoms with Crippen molar-refractivity contribution in [2.24, 2.45) is 5.92 Å². The lowest BCUT2D eigenvalue weighted by atomic mass is 10.1. The number of ether oxygens (including phenoxy) is 1. The first-order valence-corrected chi connectivity index (χ1v) is 11.4. The molecule has 0 radical (unpaired) electrons. The molecule has 156 valence electrons. The molecule has 0 unspecified atom stereocenters. The van der Waals surface area contributed by atoms with Crippen LogP contribution in [0.25, 0.3) is 10.8 Å². The largest absolute Gasteiger partial charge is 0.507 e. The Kier molecular flexibility index (Phi) is 6.12. The molecule has 1 fully saturated rings. The lowest BCUT2D eigenvalue weighted by Crippen LogP contribution is -2.45. The predicted molar refractivity (Wildman–Crippen MR) is 110 cm³/mol. The fourth-order valence-electron chi connectivity index (χ4n) is 3.55. The van der Waals surface area contributed by atoms with E-state index in [2.05, 4.69) is 0 Å². The van der Waals surface area contributed by atoms with Crippen LogP contribution in [0.4, 0.5) is 0 Å². The number of phenolic OH excluding ortho intramolecular Hbond substituents is 1. The third kappa shape index (κ3) is 5.06. The Morgan fingerprint density at radius 3 is 2.45 bits per heavy atom. The summed E-state index contributed by atoms with van der Waals surface area (Å²) in [4.78, 5) is 26.6. The second-order valence-corrected chi connectivity index (χ2v) is 10.0. The standard InChI is InChI=1S/C21H25NO6S/c1-14(2)11-22(17-7-8-29(26,27)13-17)20(24)12-28-21(25)18-9-15-5-3-4-6-16(15)10-19(18)23/h3-6,9-10,14,17,23H,7-8,11-13H2,1-2H3/t17-/m0/s1. The Hall–Kier alpha value is -2.61. The van der Waals surface area contributed by atoms with Crippen LogP contribution in [0.1, 0.15) is 30.6 Å². The smallest absolute Gasteiger partial charge is 0.342 e. The van der Waals surface area contributed by atoms with Crippen LogP contribution in [0.2, 0.25) is 0 Å². The maximum absolute atomic E-state index is 12.7. The van der Waals surface area contributed by atoms with Gasteiger partial charge in [0.1, 0.15) is 11.3 Å². The van der Waals surface area contributed by atoms with Gasteiger partial charge in [0.2, 0.25) is 0 Å². The summed E-state index contributed by atoms with van der Waals surface area (Å²) in [6, 6.07) is 9.86. The fourth-order valence-corrected chi connectivity index (χ4v) is 5.28. The fraction of sp³-hybridized carbons (Fsp3) is 0.429. The van der Waals surface area contributed by atoms with Gasteiger partial charge in [-0.15, -0.1) is 0 Å². The van der Waals surface area contributed by atoms with Crippen LogP contribution in [0, 0.1) is 5.92 Å². The van der Waals surface area contributed by atoms with Gasteiger partial charge in [-0.2, -0.15) is 0 Å². The van der Waals surface area contributed by atoms with Crippen LogP contribution in [0.3, 0.4) is 0 Å². The summed E-state index contributed by atoms with van der Waals surface area (Å²) in [5, 5.41) is 11.7. The Morgan fingerprint density at radius 1 is 1.21 bits per heavy atom. The Morgan fingerprint density at radius 2 is 1.86 bits per heavy atom. The molecule has 0 bridgehead atoms. The lowest BCUT2D eigenvalue weighted by molar-refractivity contribution is -0.137. The van der Waals surface area contributed by atoms with Crippen LogP contribution in [-0.4, -0.2) is 61.0 Å². The summed E-state index contributed by atoms with van der Waals surface area (Å²) >= 11 is 0. The Bertz CT molecular complexity index is 1030. The zero-order chi connectivity index (χ0) is 21.2. The molecular weight excluding hydrogens is 394 g/mol. The van der Waals surface area contributed by atoms with E-state index in [1.165, 1.54) is 17.0 Å². The maximum Gasteiger partial charge on any atom is 0.342 e. The number of rotatable bonds is 6. The first kappa shape index (κ1) is 21.1. The average Bonchev–Trinajstić information content (AvgIpc) is 3.02. The molecule has 2 aromatic rings. The zero-order valence-corrected chi connectivity index (χ0v) is 17.3. The highest BCUT2D eigenvalue weighted by Gasteiger charge is 2.35. The minimum absolute atomic E-state index is 0.0182. The van der Waals surface area contributed by atoms with Gasteiger partial charge in [0.05, 0.1) is 11.5 Å². The van der Waals surface area contributed by atoms with E-state index >= 15 is 0 Å². The van der Waals surface area contributed by atoms with Crippen LogP contribution in [-0.2, 0) is 19.4 Å². The van der Waals surface area contributed by atoms with Crippen molar-refractivity contribution in [3.63, 3.8) is 0 Å². The van der Waals surface area contributed by atoms with Gasteiger partial charge >= 0.3 is 5.97 Å². The number of hydrogen-bond donors (Lipinski definition) is 1. The molecular formula is C21H25NO6S. The average molecular weight is 419 g/mol. The molecule has 1 saturated heterocycles. The van der Waals surface area contributed by atoms with E-state index in [1.807, 2.05) is 38.1 Å². The molecule has 2 aromatic carbocycles.